The van der Waals surface area contributed by atoms with Crippen LogP contribution in [0.3, 0.4) is 0 Å². The number of Topliss-reactive ketones (excluding diaryl/α,β-unsaturated/α-hetero) is 1. The van der Waals surface area contributed by atoms with E-state index in [0.29, 0.717) is 28.6 Å². The number of ketones is 1. The zero-order valence-corrected chi connectivity index (χ0v) is 20.8. The number of esters is 1. The average molecular weight is 505 g/mol. The van der Waals surface area contributed by atoms with Crippen molar-refractivity contribution in [1.82, 2.24) is 5.32 Å². The number of methoxy groups -OCH3 is 1. The predicted molar refractivity (Wildman–Crippen MR) is 133 cm³/mol. The van der Waals surface area contributed by atoms with Gasteiger partial charge in [-0.3, -0.25) is 9.59 Å². The molecule has 0 spiro atoms. The molecule has 1 fully saturated rings. The van der Waals surface area contributed by atoms with Gasteiger partial charge in [-0.1, -0.05) is 66.4 Å². The van der Waals surface area contributed by atoms with Gasteiger partial charge in [0.15, 0.2) is 5.78 Å². The van der Waals surface area contributed by atoms with E-state index < -0.39 is 17.4 Å². The maximum atomic E-state index is 13.1. The maximum absolute atomic E-state index is 13.1. The first-order valence-electron chi connectivity index (χ1n) is 11.4. The van der Waals surface area contributed by atoms with E-state index in [2.05, 4.69) is 5.32 Å². The molecule has 2 aromatic rings. The highest BCUT2D eigenvalue weighted by Crippen LogP contribution is 2.41. The third-order valence-corrected chi connectivity index (χ3v) is 7.16. The number of carbonyl (C=O) groups is 3. The Morgan fingerprint density at radius 3 is 2.18 bits per heavy atom. The number of amides is 1. The molecule has 34 heavy (non-hydrogen) atoms. The van der Waals surface area contributed by atoms with Gasteiger partial charge in [-0.25, -0.2) is 4.79 Å². The summed E-state index contributed by atoms with van der Waals surface area (Å²) in [4.78, 5) is 38.2. The van der Waals surface area contributed by atoms with Crippen LogP contribution in [0.1, 0.15) is 53.6 Å². The second-order valence-electron chi connectivity index (χ2n) is 8.79. The molecule has 3 rings (SSSR count). The molecule has 0 bridgehead atoms. The number of nitrogens with two attached hydrogens (primary N) is 1. The van der Waals surface area contributed by atoms with Gasteiger partial charge < -0.3 is 15.8 Å². The van der Waals surface area contributed by atoms with E-state index in [1.165, 1.54) is 7.11 Å². The standard InChI is InChI=1S/C26H30Cl2N2O4/c1-34-24(32)21(30-25(33)26(13-14-29)11-2-3-12-26)15-17-7-9-18(10-8-17)16-22(31)23-19(27)5-4-6-20(23)28/h4-10,21H,2-3,11-16,29H2,1H3,(H,30,33)/t21-/m0/s1. The van der Waals surface area contributed by atoms with Crippen molar-refractivity contribution >= 4 is 40.9 Å². The summed E-state index contributed by atoms with van der Waals surface area (Å²) < 4.78 is 4.94. The molecular weight excluding hydrogens is 475 g/mol. The van der Waals surface area contributed by atoms with E-state index in [9.17, 15) is 14.4 Å². The van der Waals surface area contributed by atoms with Crippen molar-refractivity contribution in [2.45, 2.75) is 51.0 Å². The molecule has 6 nitrogen and oxygen atoms in total. The minimum absolute atomic E-state index is 0.135. The Bertz CT molecular complexity index is 1010. The fourth-order valence-electron chi connectivity index (χ4n) is 4.63. The number of ether oxygens (including phenoxy) is 1. The summed E-state index contributed by atoms with van der Waals surface area (Å²) in [5.74, 6) is -0.809. The van der Waals surface area contributed by atoms with Crippen LogP contribution in [0.25, 0.3) is 0 Å². The molecule has 0 heterocycles. The molecule has 8 heteroatoms. The van der Waals surface area contributed by atoms with Crippen LogP contribution in [-0.4, -0.2) is 37.4 Å². The van der Waals surface area contributed by atoms with Crippen LogP contribution >= 0.6 is 23.2 Å². The van der Waals surface area contributed by atoms with Crippen LogP contribution in [0.2, 0.25) is 10.0 Å². The minimum Gasteiger partial charge on any atom is -0.467 e. The van der Waals surface area contributed by atoms with Crippen molar-refractivity contribution in [3.05, 3.63) is 69.2 Å². The fraction of sp³-hybridized carbons (Fsp3) is 0.423. The lowest BCUT2D eigenvalue weighted by Crippen LogP contribution is -2.49. The fourth-order valence-corrected chi connectivity index (χ4v) is 5.24. The lowest BCUT2D eigenvalue weighted by atomic mass is 9.81. The van der Waals surface area contributed by atoms with E-state index in [-0.39, 0.29) is 24.5 Å². The van der Waals surface area contributed by atoms with Gasteiger partial charge in [0.25, 0.3) is 0 Å². The number of halogens is 2. The topological polar surface area (TPSA) is 98.5 Å². The Morgan fingerprint density at radius 1 is 1.03 bits per heavy atom. The van der Waals surface area contributed by atoms with Crippen molar-refractivity contribution < 1.29 is 19.1 Å². The second-order valence-corrected chi connectivity index (χ2v) is 9.61. The summed E-state index contributed by atoms with van der Waals surface area (Å²) in [6, 6.07) is 11.5. The van der Waals surface area contributed by atoms with Gasteiger partial charge >= 0.3 is 5.97 Å². The van der Waals surface area contributed by atoms with E-state index in [0.717, 1.165) is 36.8 Å². The molecule has 0 aliphatic heterocycles. The third-order valence-electron chi connectivity index (χ3n) is 6.53. The molecule has 0 unspecified atom stereocenters. The van der Waals surface area contributed by atoms with Crippen LogP contribution in [-0.2, 0) is 27.2 Å². The Hall–Kier alpha value is -2.41. The van der Waals surface area contributed by atoms with Crippen molar-refractivity contribution in [2.24, 2.45) is 11.1 Å². The van der Waals surface area contributed by atoms with Crippen LogP contribution < -0.4 is 11.1 Å². The van der Waals surface area contributed by atoms with Gasteiger partial charge in [-0.15, -0.1) is 0 Å². The third kappa shape index (κ3) is 6.17. The van der Waals surface area contributed by atoms with Crippen molar-refractivity contribution in [1.29, 1.82) is 0 Å². The molecule has 1 saturated carbocycles. The van der Waals surface area contributed by atoms with Gasteiger partial charge in [0.2, 0.25) is 5.91 Å². The summed E-state index contributed by atoms with van der Waals surface area (Å²) in [6.45, 7) is 0.426. The van der Waals surface area contributed by atoms with Gasteiger partial charge in [0.05, 0.1) is 28.1 Å². The first-order valence-corrected chi connectivity index (χ1v) is 12.2. The number of hydrogen-bond donors (Lipinski definition) is 2. The van der Waals surface area contributed by atoms with Gasteiger partial charge in [0.1, 0.15) is 6.04 Å². The molecule has 2 aromatic carbocycles. The number of rotatable bonds is 10. The van der Waals surface area contributed by atoms with Crippen molar-refractivity contribution in [3.63, 3.8) is 0 Å². The zero-order chi connectivity index (χ0) is 24.7. The van der Waals surface area contributed by atoms with Crippen molar-refractivity contribution in [3.8, 4) is 0 Å². The van der Waals surface area contributed by atoms with E-state index in [4.69, 9.17) is 33.7 Å². The number of hydrogen-bond acceptors (Lipinski definition) is 5. The maximum Gasteiger partial charge on any atom is 0.328 e. The summed E-state index contributed by atoms with van der Waals surface area (Å²) in [6.07, 6.45) is 4.55. The largest absolute Gasteiger partial charge is 0.467 e. The molecule has 1 atom stereocenters. The first-order chi connectivity index (χ1) is 16.3. The molecule has 3 N–H and O–H groups in total. The van der Waals surface area contributed by atoms with Crippen LogP contribution in [0.5, 0.6) is 0 Å². The summed E-state index contributed by atoms with van der Waals surface area (Å²) >= 11 is 12.3. The molecule has 182 valence electrons. The molecule has 0 radical (unpaired) electrons. The zero-order valence-electron chi connectivity index (χ0n) is 19.2. The van der Waals surface area contributed by atoms with E-state index in [1.54, 1.807) is 18.2 Å². The molecule has 1 amide bonds. The lowest BCUT2D eigenvalue weighted by molar-refractivity contribution is -0.146. The highest BCUT2D eigenvalue weighted by Gasteiger charge is 2.41. The number of carbonyl (C=O) groups excluding carboxylic acids is 3. The average Bonchev–Trinajstić information content (AvgIpc) is 3.29. The Labute approximate surface area is 210 Å². The molecular formula is C26H30Cl2N2O4. The van der Waals surface area contributed by atoms with Crippen LogP contribution in [0.15, 0.2) is 42.5 Å². The predicted octanol–water partition coefficient (Wildman–Crippen LogP) is 4.53. The second kappa shape index (κ2) is 11.8. The summed E-state index contributed by atoms with van der Waals surface area (Å²) in [7, 11) is 1.31. The number of nitrogens with one attached hydrogen (secondary N) is 1. The van der Waals surface area contributed by atoms with E-state index >= 15 is 0 Å². The normalized spacial score (nSPS) is 15.5. The molecule has 0 saturated heterocycles. The monoisotopic (exact) mass is 504 g/mol. The minimum atomic E-state index is -0.804. The van der Waals surface area contributed by atoms with Crippen LogP contribution in [0.4, 0.5) is 0 Å². The van der Waals surface area contributed by atoms with Crippen LogP contribution in [0, 0.1) is 5.41 Å². The lowest BCUT2D eigenvalue weighted by Gasteiger charge is -2.29. The highest BCUT2D eigenvalue weighted by atomic mass is 35.5. The van der Waals surface area contributed by atoms with Gasteiger partial charge in [-0.05, 0) is 49.1 Å². The number of benzene rings is 2. The quantitative estimate of drug-likeness (QED) is 0.365. The summed E-state index contributed by atoms with van der Waals surface area (Å²) in [5, 5.41) is 3.55. The highest BCUT2D eigenvalue weighted by molar-refractivity contribution is 6.39. The van der Waals surface area contributed by atoms with Crippen molar-refractivity contribution in [2.75, 3.05) is 13.7 Å². The molecule has 0 aromatic heterocycles. The van der Waals surface area contributed by atoms with Gasteiger partial charge in [0, 0.05) is 12.8 Å². The molecule has 1 aliphatic rings. The van der Waals surface area contributed by atoms with E-state index in [1.807, 2.05) is 24.3 Å². The smallest absolute Gasteiger partial charge is 0.328 e. The Kier molecular flexibility index (Phi) is 9.11. The first kappa shape index (κ1) is 26.2. The SMILES string of the molecule is COC(=O)[C@H](Cc1ccc(CC(=O)c2c(Cl)cccc2Cl)cc1)NC(=O)C1(CCN)CCCC1. The Morgan fingerprint density at radius 2 is 1.62 bits per heavy atom. The Balaban J connectivity index is 1.69. The summed E-state index contributed by atoms with van der Waals surface area (Å²) in [5.41, 5.74) is 7.19. The van der Waals surface area contributed by atoms with Gasteiger partial charge in [-0.2, -0.15) is 0 Å². The molecule has 1 aliphatic carbocycles.